The third kappa shape index (κ3) is 2.76. The molecule has 1 saturated heterocycles. The van der Waals surface area contributed by atoms with E-state index in [-0.39, 0.29) is 0 Å². The van der Waals surface area contributed by atoms with Crippen molar-refractivity contribution in [1.82, 2.24) is 10.2 Å². The molecular formula is C13H24N2O. The van der Waals surface area contributed by atoms with Crippen LogP contribution in [0.15, 0.2) is 0 Å². The monoisotopic (exact) mass is 224 g/mol. The molecule has 1 saturated carbocycles. The average Bonchev–Trinajstić information content (AvgIpc) is 2.29. The summed E-state index contributed by atoms with van der Waals surface area (Å²) in [6, 6.07) is 0.459. The molecule has 0 radical (unpaired) electrons. The first-order valence-electron chi connectivity index (χ1n) is 6.69. The van der Waals surface area contributed by atoms with Gasteiger partial charge in [-0.1, -0.05) is 6.92 Å². The van der Waals surface area contributed by atoms with E-state index < -0.39 is 0 Å². The van der Waals surface area contributed by atoms with E-state index in [0.29, 0.717) is 17.9 Å². The van der Waals surface area contributed by atoms with Gasteiger partial charge < -0.3 is 10.2 Å². The molecule has 0 aromatic carbocycles. The zero-order valence-corrected chi connectivity index (χ0v) is 10.5. The van der Waals surface area contributed by atoms with Gasteiger partial charge in [0.25, 0.3) is 0 Å². The second-order valence-electron chi connectivity index (χ2n) is 5.60. The molecule has 1 aliphatic carbocycles. The number of carbonyl (C=O) groups is 1. The van der Waals surface area contributed by atoms with Crippen molar-refractivity contribution in [1.29, 1.82) is 0 Å². The lowest BCUT2D eigenvalue weighted by atomic mass is 9.82. The summed E-state index contributed by atoms with van der Waals surface area (Å²) in [6.07, 6.45) is 4.69. The summed E-state index contributed by atoms with van der Waals surface area (Å²) in [5, 5.41) is 3.38. The number of hydrogen-bond donors (Lipinski definition) is 1. The second-order valence-corrected chi connectivity index (χ2v) is 5.60. The lowest BCUT2D eigenvalue weighted by Gasteiger charge is -2.36. The van der Waals surface area contributed by atoms with Crippen LogP contribution in [-0.2, 0) is 4.79 Å². The summed E-state index contributed by atoms with van der Waals surface area (Å²) in [6.45, 7) is 7.20. The number of nitrogens with zero attached hydrogens (tertiary/aromatic N) is 1. The van der Waals surface area contributed by atoms with Crippen LogP contribution in [0, 0.1) is 11.8 Å². The fourth-order valence-electron chi connectivity index (χ4n) is 2.90. The van der Waals surface area contributed by atoms with Gasteiger partial charge in [-0.3, -0.25) is 4.79 Å². The Hall–Kier alpha value is -0.570. The molecule has 0 spiro atoms. The molecule has 1 atom stereocenters. The van der Waals surface area contributed by atoms with Gasteiger partial charge in [0, 0.05) is 31.6 Å². The van der Waals surface area contributed by atoms with Crippen molar-refractivity contribution in [3.05, 3.63) is 0 Å². The highest BCUT2D eigenvalue weighted by atomic mass is 16.2. The molecular weight excluding hydrogens is 200 g/mol. The van der Waals surface area contributed by atoms with Crippen LogP contribution < -0.4 is 5.32 Å². The fourth-order valence-corrected chi connectivity index (χ4v) is 2.90. The third-order valence-electron chi connectivity index (χ3n) is 4.05. The van der Waals surface area contributed by atoms with Crippen molar-refractivity contribution in [2.75, 3.05) is 19.6 Å². The Morgan fingerprint density at radius 1 is 1.19 bits per heavy atom. The number of rotatable bonds is 1. The van der Waals surface area contributed by atoms with Crippen molar-refractivity contribution in [2.45, 2.75) is 45.6 Å². The maximum Gasteiger partial charge on any atom is 0.225 e. The predicted molar refractivity (Wildman–Crippen MR) is 65.2 cm³/mol. The highest BCUT2D eigenvalue weighted by molar-refractivity contribution is 5.79. The topological polar surface area (TPSA) is 32.3 Å². The Kier molecular flexibility index (Phi) is 3.85. The minimum atomic E-state index is 0.321. The normalized spacial score (nSPS) is 36.1. The summed E-state index contributed by atoms with van der Waals surface area (Å²) >= 11 is 0. The first-order chi connectivity index (χ1) is 7.66. The van der Waals surface area contributed by atoms with Crippen molar-refractivity contribution in [3.63, 3.8) is 0 Å². The van der Waals surface area contributed by atoms with Gasteiger partial charge in [0.05, 0.1) is 0 Å². The highest BCUT2D eigenvalue weighted by Gasteiger charge is 2.29. The van der Waals surface area contributed by atoms with Crippen molar-refractivity contribution in [2.24, 2.45) is 11.8 Å². The Morgan fingerprint density at radius 3 is 2.50 bits per heavy atom. The number of piperazine rings is 1. The lowest BCUT2D eigenvalue weighted by Crippen LogP contribution is -2.53. The summed E-state index contributed by atoms with van der Waals surface area (Å²) in [5.74, 6) is 1.56. The van der Waals surface area contributed by atoms with Crippen LogP contribution in [0.1, 0.15) is 39.5 Å². The fraction of sp³-hybridized carbons (Fsp3) is 0.923. The SMILES string of the molecule is CC1CCC(C(=O)N2CCNC(C)C2)CC1. The maximum absolute atomic E-state index is 12.3. The molecule has 3 nitrogen and oxygen atoms in total. The van der Waals surface area contributed by atoms with Crippen LogP contribution in [0.25, 0.3) is 0 Å². The molecule has 92 valence electrons. The minimum absolute atomic E-state index is 0.321. The van der Waals surface area contributed by atoms with E-state index >= 15 is 0 Å². The van der Waals surface area contributed by atoms with Crippen LogP contribution >= 0.6 is 0 Å². The van der Waals surface area contributed by atoms with Gasteiger partial charge in [-0.2, -0.15) is 0 Å². The highest BCUT2D eigenvalue weighted by Crippen LogP contribution is 2.29. The first-order valence-corrected chi connectivity index (χ1v) is 6.69. The molecule has 16 heavy (non-hydrogen) atoms. The molecule has 2 fully saturated rings. The molecule has 3 heteroatoms. The minimum Gasteiger partial charge on any atom is -0.340 e. The summed E-state index contributed by atoms with van der Waals surface area (Å²) in [7, 11) is 0. The molecule has 2 aliphatic rings. The van der Waals surface area contributed by atoms with Gasteiger partial charge in [0.15, 0.2) is 0 Å². The third-order valence-corrected chi connectivity index (χ3v) is 4.05. The predicted octanol–water partition coefficient (Wildman–Crippen LogP) is 1.63. The summed E-state index contributed by atoms with van der Waals surface area (Å²) < 4.78 is 0. The molecule has 1 heterocycles. The van der Waals surface area contributed by atoms with Crippen LogP contribution in [0.4, 0.5) is 0 Å². The van der Waals surface area contributed by atoms with Crippen molar-refractivity contribution >= 4 is 5.91 Å². The van der Waals surface area contributed by atoms with Crippen LogP contribution in [0.3, 0.4) is 0 Å². The van der Waals surface area contributed by atoms with Crippen LogP contribution in [0.2, 0.25) is 0 Å². The van der Waals surface area contributed by atoms with Gasteiger partial charge in [-0.05, 0) is 38.5 Å². The largest absolute Gasteiger partial charge is 0.340 e. The molecule has 0 aromatic rings. The molecule has 0 bridgehead atoms. The van der Waals surface area contributed by atoms with Crippen LogP contribution in [-0.4, -0.2) is 36.5 Å². The molecule has 1 amide bonds. The Morgan fingerprint density at radius 2 is 1.88 bits per heavy atom. The van der Waals surface area contributed by atoms with E-state index in [9.17, 15) is 4.79 Å². The number of nitrogens with one attached hydrogen (secondary N) is 1. The maximum atomic E-state index is 12.3. The molecule has 2 rings (SSSR count). The van der Waals surface area contributed by atoms with Gasteiger partial charge in [-0.15, -0.1) is 0 Å². The van der Waals surface area contributed by atoms with Crippen molar-refractivity contribution in [3.8, 4) is 0 Å². The van der Waals surface area contributed by atoms with Gasteiger partial charge in [-0.25, -0.2) is 0 Å². The van der Waals surface area contributed by atoms with E-state index in [1.54, 1.807) is 0 Å². The van der Waals surface area contributed by atoms with E-state index in [0.717, 1.165) is 38.4 Å². The zero-order chi connectivity index (χ0) is 11.5. The molecule has 0 aromatic heterocycles. The van der Waals surface area contributed by atoms with Crippen molar-refractivity contribution < 1.29 is 4.79 Å². The van der Waals surface area contributed by atoms with Gasteiger partial charge in [0.2, 0.25) is 5.91 Å². The van der Waals surface area contributed by atoms with Crippen LogP contribution in [0.5, 0.6) is 0 Å². The quantitative estimate of drug-likeness (QED) is 0.734. The average molecular weight is 224 g/mol. The molecule has 1 unspecified atom stereocenters. The zero-order valence-electron chi connectivity index (χ0n) is 10.5. The summed E-state index contributed by atoms with van der Waals surface area (Å²) in [4.78, 5) is 14.4. The molecule has 1 N–H and O–H groups in total. The smallest absolute Gasteiger partial charge is 0.225 e. The molecule has 1 aliphatic heterocycles. The Bertz CT molecular complexity index is 246. The second kappa shape index (κ2) is 5.17. The van der Waals surface area contributed by atoms with E-state index in [2.05, 4.69) is 24.1 Å². The Labute approximate surface area is 98.6 Å². The van der Waals surface area contributed by atoms with E-state index in [1.165, 1.54) is 12.8 Å². The Balaban J connectivity index is 1.86. The first kappa shape index (κ1) is 11.9. The standard InChI is InChI=1S/C13H24N2O/c1-10-3-5-12(6-4-10)13(16)15-8-7-14-11(2)9-15/h10-12,14H,3-9H2,1-2H3. The van der Waals surface area contributed by atoms with E-state index in [4.69, 9.17) is 0 Å². The number of carbonyl (C=O) groups excluding carboxylic acids is 1. The lowest BCUT2D eigenvalue weighted by molar-refractivity contribution is -0.137. The van der Waals surface area contributed by atoms with Gasteiger partial charge in [0.1, 0.15) is 0 Å². The number of amides is 1. The number of hydrogen-bond acceptors (Lipinski definition) is 2. The van der Waals surface area contributed by atoms with E-state index in [1.807, 2.05) is 0 Å². The van der Waals surface area contributed by atoms with Gasteiger partial charge >= 0.3 is 0 Å². The summed E-state index contributed by atoms with van der Waals surface area (Å²) in [5.41, 5.74) is 0.